The number of rotatable bonds is 6. The zero-order valence-corrected chi connectivity index (χ0v) is 43.3. The van der Waals surface area contributed by atoms with Gasteiger partial charge in [-0.3, -0.25) is 0 Å². The highest BCUT2D eigenvalue weighted by molar-refractivity contribution is 6.35. The summed E-state index contributed by atoms with van der Waals surface area (Å²) >= 11 is 0. The molecular weight excluding hydrogens is 1130 g/mol. The zero-order chi connectivity index (χ0) is 59.1. The average molecular weight is 1160 g/mol. The van der Waals surface area contributed by atoms with E-state index in [1.54, 1.807) is 91.0 Å². The second-order valence-electron chi connectivity index (χ2n) is 21.8. The van der Waals surface area contributed by atoms with Gasteiger partial charge in [-0.15, -0.1) is 0 Å². The zero-order valence-electron chi connectivity index (χ0n) is 43.3. The van der Waals surface area contributed by atoms with Crippen LogP contribution in [0, 0.1) is 22.7 Å². The minimum atomic E-state index is -5.31. The van der Waals surface area contributed by atoms with Gasteiger partial charge in [0, 0.05) is 65.4 Å². The van der Waals surface area contributed by atoms with E-state index in [4.69, 9.17) is 18.3 Å². The molecule has 0 amide bonds. The maximum atomic E-state index is 15.5. The Morgan fingerprint density at radius 1 is 0.388 bits per heavy atom. The summed E-state index contributed by atoms with van der Waals surface area (Å²) in [6.45, 7) is 0. The molecule has 2 aliphatic heterocycles. The van der Waals surface area contributed by atoms with Gasteiger partial charge in [-0.25, -0.2) is 0 Å². The Morgan fingerprint density at radius 2 is 0.753 bits per heavy atom. The second-order valence-corrected chi connectivity index (χ2v) is 21.8. The van der Waals surface area contributed by atoms with Crippen LogP contribution in [0.1, 0.15) is 59.1 Å². The van der Waals surface area contributed by atoms with Crippen LogP contribution in [0.15, 0.2) is 160 Å². The average Bonchev–Trinajstić information content (AvgIpc) is 1.59. The summed E-state index contributed by atoms with van der Waals surface area (Å²) in [5.74, 6) is -1.90. The van der Waals surface area contributed by atoms with Gasteiger partial charge in [0.15, 0.2) is 0 Å². The smallest absolute Gasteiger partial charge is 0.390 e. The number of hydrogen-bond donors (Lipinski definition) is 0. The number of benzene rings is 9. The molecular formula is C66H33F12N3O4. The molecule has 0 saturated carbocycles. The topological polar surface area (TPSA) is 96.7 Å². The third-order valence-electron chi connectivity index (χ3n) is 16.8. The minimum Gasteiger partial charge on any atom is -0.456 e. The fourth-order valence-corrected chi connectivity index (χ4v) is 14.3. The number of nitrogens with zero attached hydrogens (tertiary/aromatic N) is 3. The fraction of sp³-hybridized carbons (Fsp3) is 0.152. The van der Waals surface area contributed by atoms with Crippen LogP contribution in [-0.2, 0) is 10.8 Å². The summed E-state index contributed by atoms with van der Waals surface area (Å²) in [7, 11) is 0. The second kappa shape index (κ2) is 17.4. The highest BCUT2D eigenvalue weighted by Crippen LogP contribution is 2.65. The molecule has 0 radical (unpaired) electrons. The molecule has 4 aromatic heterocycles. The van der Waals surface area contributed by atoms with Crippen molar-refractivity contribution in [1.82, 2.24) is 4.40 Å². The molecule has 0 N–H and O–H groups in total. The van der Waals surface area contributed by atoms with Crippen molar-refractivity contribution in [2.24, 2.45) is 0 Å². The van der Waals surface area contributed by atoms with Gasteiger partial charge in [-0.1, -0.05) is 97.1 Å². The molecule has 19 heteroatoms. The molecule has 0 bridgehead atoms. The van der Waals surface area contributed by atoms with Crippen molar-refractivity contribution in [3.8, 4) is 57.4 Å². The van der Waals surface area contributed by atoms with Gasteiger partial charge in [-0.05, 0) is 76.9 Å². The molecule has 9 aromatic carbocycles. The molecule has 0 fully saturated rings. The maximum absolute atomic E-state index is 15.5. The van der Waals surface area contributed by atoms with E-state index >= 15 is 52.7 Å². The number of nitriles is 2. The van der Waals surface area contributed by atoms with E-state index < -0.39 is 118 Å². The fourth-order valence-electron chi connectivity index (χ4n) is 14.3. The molecule has 0 aliphatic carbocycles. The minimum absolute atomic E-state index is 0.0558. The van der Waals surface area contributed by atoms with E-state index in [-0.39, 0.29) is 49.2 Å². The molecule has 0 spiro atoms. The first-order chi connectivity index (χ1) is 40.5. The monoisotopic (exact) mass is 1160 g/mol. The van der Waals surface area contributed by atoms with Crippen LogP contribution in [-0.4, -0.2) is 29.1 Å². The molecule has 2 aliphatic rings. The van der Waals surface area contributed by atoms with Crippen molar-refractivity contribution < 1.29 is 71.0 Å². The Hall–Kier alpha value is -9.88. The van der Waals surface area contributed by atoms with Gasteiger partial charge in [0.2, 0.25) is 0 Å². The van der Waals surface area contributed by atoms with Gasteiger partial charge < -0.3 is 22.7 Å². The lowest BCUT2D eigenvalue weighted by molar-refractivity contribution is -0.176. The molecule has 85 heavy (non-hydrogen) atoms. The van der Waals surface area contributed by atoms with Crippen molar-refractivity contribution in [3.05, 3.63) is 185 Å². The molecule has 0 atom stereocenters. The van der Waals surface area contributed by atoms with Crippen LogP contribution >= 0.6 is 0 Å². The van der Waals surface area contributed by atoms with Gasteiger partial charge in [-0.2, -0.15) is 63.2 Å². The van der Waals surface area contributed by atoms with E-state index in [0.717, 1.165) is 24.3 Å². The molecule has 7 nitrogen and oxygen atoms in total. The van der Waals surface area contributed by atoms with Crippen molar-refractivity contribution in [2.45, 2.75) is 61.2 Å². The lowest BCUT2D eigenvalue weighted by Gasteiger charge is -2.42. The summed E-state index contributed by atoms with van der Waals surface area (Å²) in [5, 5.41) is 24.6. The van der Waals surface area contributed by atoms with Crippen LogP contribution in [0.2, 0.25) is 0 Å². The van der Waals surface area contributed by atoms with Crippen LogP contribution in [0.25, 0.3) is 104 Å². The Balaban J connectivity index is 1.24. The van der Waals surface area contributed by atoms with Crippen molar-refractivity contribution >= 4 is 82.0 Å². The van der Waals surface area contributed by atoms with Crippen LogP contribution in [0.4, 0.5) is 52.7 Å². The van der Waals surface area contributed by atoms with Gasteiger partial charge >= 0.3 is 24.7 Å². The van der Waals surface area contributed by atoms with Crippen molar-refractivity contribution in [2.75, 3.05) is 0 Å². The Kier molecular flexibility index (Phi) is 10.6. The third kappa shape index (κ3) is 7.54. The number of fused-ring (bicyclic) bond motifs is 18. The first-order valence-electron chi connectivity index (χ1n) is 26.4. The van der Waals surface area contributed by atoms with Gasteiger partial charge in [0.05, 0.1) is 76.3 Å². The quantitative estimate of drug-likeness (QED) is 0.154. The number of ether oxygens (including phenoxy) is 2. The predicted octanol–water partition coefficient (Wildman–Crippen LogP) is 20.3. The lowest BCUT2D eigenvalue weighted by atomic mass is 9.65. The summed E-state index contributed by atoms with van der Waals surface area (Å²) in [6.07, 6.45) is -29.7. The number of alkyl halides is 12. The highest BCUT2D eigenvalue weighted by atomic mass is 19.4. The van der Waals surface area contributed by atoms with E-state index in [1.807, 2.05) is 12.1 Å². The number of para-hydroxylation sites is 4. The Labute approximate surface area is 469 Å². The predicted molar refractivity (Wildman–Crippen MR) is 293 cm³/mol. The largest absolute Gasteiger partial charge is 0.456 e. The van der Waals surface area contributed by atoms with Crippen LogP contribution in [0.3, 0.4) is 0 Å². The number of aromatic nitrogens is 1. The molecule has 0 saturated heterocycles. The first kappa shape index (κ1) is 52.0. The normalized spacial score (nSPS) is 14.9. The van der Waals surface area contributed by atoms with Crippen molar-refractivity contribution in [3.63, 3.8) is 0 Å². The molecule has 420 valence electrons. The van der Waals surface area contributed by atoms with Gasteiger partial charge in [0.25, 0.3) is 0 Å². The lowest BCUT2D eigenvalue weighted by Crippen LogP contribution is -2.41. The standard InChI is InChI=1S/C66H33F12N3O4/c67-63(68,69)28-61(29-64(70,71)72)40-15-3-7-19-46(40)84-59-54-42(23-32(26-79)56(59)61)81-43-24-33(27-80)57-60(85-47-20-8-4-16-41(47)62(57,30-65(73,74)75)31-66(76,77)78)55(43)53-39(35-14-10-22-49-51(35)37-12-2-6-18-45(37)83-49)25-38(52(54)58(53)81)34-13-9-21-48-50(34)36-11-1-5-17-44(36)82-48/h1-25H,28-31H2. The van der Waals surface area contributed by atoms with E-state index in [2.05, 4.69) is 0 Å². The van der Waals surface area contributed by atoms with E-state index in [0.29, 0.717) is 55.0 Å². The van der Waals surface area contributed by atoms with E-state index in [9.17, 15) is 10.5 Å². The maximum Gasteiger partial charge on any atom is 0.390 e. The van der Waals surface area contributed by atoms with Crippen LogP contribution in [0.5, 0.6) is 23.0 Å². The summed E-state index contributed by atoms with van der Waals surface area (Å²) in [4.78, 5) is 0. The molecule has 15 rings (SSSR count). The molecule has 0 unspecified atom stereocenters. The van der Waals surface area contributed by atoms with Crippen LogP contribution < -0.4 is 9.47 Å². The first-order valence-corrected chi connectivity index (χ1v) is 26.4. The number of hydrogen-bond acceptors (Lipinski definition) is 6. The third-order valence-corrected chi connectivity index (χ3v) is 16.8. The Bertz CT molecular complexity index is 4800. The van der Waals surface area contributed by atoms with E-state index in [1.165, 1.54) is 40.8 Å². The van der Waals surface area contributed by atoms with Crippen molar-refractivity contribution in [1.29, 1.82) is 10.5 Å². The summed E-state index contributed by atoms with van der Waals surface area (Å²) < 4.78 is 213. The molecule has 6 heterocycles. The molecule has 13 aromatic rings. The highest BCUT2D eigenvalue weighted by Gasteiger charge is 2.58. The SMILES string of the molecule is N#Cc1cc2c(c3c1C(CC(F)(F)F)(CC(F)(F)F)c1ccccc1O3)c1c(-c3cccc4oc5ccccc5c34)cc(-c3cccc4oc5ccccc5c34)c3c4c5c(c(C#N)cc4n2c13)C(CC(F)(F)F)(CC(F)(F)F)c1ccccc1O5. The summed E-state index contributed by atoms with van der Waals surface area (Å²) in [6, 6.07) is 41.8. The van der Waals surface area contributed by atoms with Gasteiger partial charge in [0.1, 0.15) is 45.3 Å². The Morgan fingerprint density at radius 3 is 1.14 bits per heavy atom. The number of furan rings is 2. The number of halogens is 12. The summed E-state index contributed by atoms with van der Waals surface area (Å²) in [5.41, 5.74) is -7.34.